The van der Waals surface area contributed by atoms with Gasteiger partial charge in [-0.1, -0.05) is 19.9 Å². The summed E-state index contributed by atoms with van der Waals surface area (Å²) in [6, 6.07) is 5.95. The van der Waals surface area contributed by atoms with Crippen LogP contribution < -0.4 is 20.1 Å². The number of hydrogen-bond acceptors (Lipinski definition) is 5. The second kappa shape index (κ2) is 9.85. The van der Waals surface area contributed by atoms with E-state index in [0.717, 1.165) is 12.1 Å². The predicted molar refractivity (Wildman–Crippen MR) is 100 cm³/mol. The summed E-state index contributed by atoms with van der Waals surface area (Å²) in [7, 11) is 3.24. The van der Waals surface area contributed by atoms with Crippen LogP contribution in [0.3, 0.4) is 0 Å². The predicted octanol–water partition coefficient (Wildman–Crippen LogP) is 1.90. The van der Waals surface area contributed by atoms with Crippen molar-refractivity contribution in [2.75, 3.05) is 40.5 Å². The van der Waals surface area contributed by atoms with Crippen LogP contribution in [0.4, 0.5) is 0 Å². The molecule has 1 aliphatic rings. The van der Waals surface area contributed by atoms with Crippen LogP contribution in [0, 0.1) is 0 Å². The van der Waals surface area contributed by atoms with Crippen molar-refractivity contribution in [3.05, 3.63) is 23.8 Å². The fourth-order valence-electron chi connectivity index (χ4n) is 2.73. The zero-order valence-corrected chi connectivity index (χ0v) is 16.2. The molecule has 1 amide bonds. The summed E-state index contributed by atoms with van der Waals surface area (Å²) in [5, 5.41) is 6.32. The average molecular weight is 373 g/mol. The SMILES string of the molecule is COc1ccc(C(C)(C)CNC(=O)CC2COCCN2)cc1OC.Cl. The van der Waals surface area contributed by atoms with Gasteiger partial charge in [-0.05, 0) is 17.7 Å². The molecule has 142 valence electrons. The van der Waals surface area contributed by atoms with Gasteiger partial charge in [0.05, 0.1) is 27.4 Å². The summed E-state index contributed by atoms with van der Waals surface area (Å²) in [5.41, 5.74) is 0.866. The molecule has 1 unspecified atom stereocenters. The molecule has 0 saturated carbocycles. The normalized spacial score (nSPS) is 17.4. The highest BCUT2D eigenvalue weighted by molar-refractivity contribution is 5.85. The van der Waals surface area contributed by atoms with Crippen molar-refractivity contribution in [2.24, 2.45) is 0 Å². The highest BCUT2D eigenvalue weighted by atomic mass is 35.5. The number of methoxy groups -OCH3 is 2. The molecule has 1 atom stereocenters. The highest BCUT2D eigenvalue weighted by Gasteiger charge is 2.24. The van der Waals surface area contributed by atoms with Crippen molar-refractivity contribution in [2.45, 2.75) is 31.7 Å². The third kappa shape index (κ3) is 6.06. The highest BCUT2D eigenvalue weighted by Crippen LogP contribution is 2.32. The third-order valence-corrected chi connectivity index (χ3v) is 4.32. The fourth-order valence-corrected chi connectivity index (χ4v) is 2.73. The van der Waals surface area contributed by atoms with Gasteiger partial charge < -0.3 is 24.8 Å². The van der Waals surface area contributed by atoms with E-state index < -0.39 is 0 Å². The van der Waals surface area contributed by atoms with Crippen molar-refractivity contribution < 1.29 is 19.0 Å². The monoisotopic (exact) mass is 372 g/mol. The van der Waals surface area contributed by atoms with Crippen molar-refractivity contribution in [3.63, 3.8) is 0 Å². The van der Waals surface area contributed by atoms with Crippen molar-refractivity contribution in [3.8, 4) is 11.5 Å². The van der Waals surface area contributed by atoms with E-state index in [1.807, 2.05) is 18.2 Å². The van der Waals surface area contributed by atoms with Gasteiger partial charge in [-0.2, -0.15) is 0 Å². The van der Waals surface area contributed by atoms with Crippen LogP contribution >= 0.6 is 12.4 Å². The number of benzene rings is 1. The first kappa shape index (κ1) is 21.5. The molecular formula is C18H29ClN2O4. The molecule has 1 heterocycles. The van der Waals surface area contributed by atoms with Crippen LogP contribution in [0.2, 0.25) is 0 Å². The van der Waals surface area contributed by atoms with Gasteiger partial charge in [0.15, 0.2) is 11.5 Å². The van der Waals surface area contributed by atoms with Crippen LogP contribution in [0.5, 0.6) is 11.5 Å². The number of halogens is 1. The standard InChI is InChI=1S/C18H28N2O4.ClH/c1-18(2,13-5-6-15(22-3)16(9-13)23-4)12-20-17(21)10-14-11-24-8-7-19-14;/h5-6,9,14,19H,7-8,10-12H2,1-4H3,(H,20,21);1H. The van der Waals surface area contributed by atoms with E-state index in [1.54, 1.807) is 14.2 Å². The van der Waals surface area contributed by atoms with Gasteiger partial charge >= 0.3 is 0 Å². The van der Waals surface area contributed by atoms with Gasteiger partial charge in [0.25, 0.3) is 0 Å². The summed E-state index contributed by atoms with van der Waals surface area (Å²) in [5.74, 6) is 1.42. The minimum absolute atomic E-state index is 0. The quantitative estimate of drug-likeness (QED) is 0.765. The van der Waals surface area contributed by atoms with Crippen LogP contribution in [0.1, 0.15) is 25.8 Å². The molecule has 0 aliphatic carbocycles. The topological polar surface area (TPSA) is 68.8 Å². The molecule has 1 saturated heterocycles. The summed E-state index contributed by atoms with van der Waals surface area (Å²) in [4.78, 5) is 12.2. The molecule has 1 fully saturated rings. The van der Waals surface area contributed by atoms with Crippen LogP contribution in [-0.2, 0) is 14.9 Å². The Morgan fingerprint density at radius 2 is 2.04 bits per heavy atom. The zero-order chi connectivity index (χ0) is 17.6. The maximum atomic E-state index is 12.2. The molecule has 1 aromatic carbocycles. The second-order valence-electron chi connectivity index (χ2n) is 6.66. The van der Waals surface area contributed by atoms with Crippen molar-refractivity contribution >= 4 is 18.3 Å². The van der Waals surface area contributed by atoms with Crippen molar-refractivity contribution in [1.29, 1.82) is 0 Å². The molecule has 25 heavy (non-hydrogen) atoms. The summed E-state index contributed by atoms with van der Waals surface area (Å²) >= 11 is 0. The Bertz CT molecular complexity index is 560. The van der Waals surface area contributed by atoms with E-state index in [0.29, 0.717) is 37.7 Å². The van der Waals surface area contributed by atoms with E-state index in [9.17, 15) is 4.79 Å². The average Bonchev–Trinajstić information content (AvgIpc) is 2.60. The number of hydrogen-bond donors (Lipinski definition) is 2. The second-order valence-corrected chi connectivity index (χ2v) is 6.66. The molecule has 6 nitrogen and oxygen atoms in total. The lowest BCUT2D eigenvalue weighted by Crippen LogP contribution is -2.45. The number of morpholine rings is 1. The van der Waals surface area contributed by atoms with Crippen molar-refractivity contribution in [1.82, 2.24) is 10.6 Å². The third-order valence-electron chi connectivity index (χ3n) is 4.32. The first-order valence-electron chi connectivity index (χ1n) is 8.26. The fraction of sp³-hybridized carbons (Fsp3) is 0.611. The number of ether oxygens (including phenoxy) is 3. The number of amides is 1. The number of carbonyl (C=O) groups excluding carboxylic acids is 1. The maximum Gasteiger partial charge on any atom is 0.221 e. The van der Waals surface area contributed by atoms with E-state index in [1.165, 1.54) is 0 Å². The maximum absolute atomic E-state index is 12.2. The molecule has 0 spiro atoms. The number of rotatable bonds is 7. The van der Waals surface area contributed by atoms with Gasteiger partial charge in [-0.3, -0.25) is 4.79 Å². The smallest absolute Gasteiger partial charge is 0.221 e. The van der Waals surface area contributed by atoms with Gasteiger partial charge in [0.2, 0.25) is 5.91 Å². The Morgan fingerprint density at radius 1 is 1.32 bits per heavy atom. The summed E-state index contributed by atoms with van der Waals surface area (Å²) in [6.07, 6.45) is 0.433. The molecule has 2 N–H and O–H groups in total. The van der Waals surface area contributed by atoms with Gasteiger partial charge in [0.1, 0.15) is 0 Å². The molecule has 0 aromatic heterocycles. The van der Waals surface area contributed by atoms with Gasteiger partial charge in [-0.25, -0.2) is 0 Å². The van der Waals surface area contributed by atoms with Crippen LogP contribution in [-0.4, -0.2) is 52.5 Å². The molecule has 1 aromatic rings. The first-order valence-corrected chi connectivity index (χ1v) is 8.26. The number of nitrogens with one attached hydrogen (secondary N) is 2. The van der Waals surface area contributed by atoms with Crippen LogP contribution in [0.25, 0.3) is 0 Å². The molecular weight excluding hydrogens is 344 g/mol. The minimum Gasteiger partial charge on any atom is -0.493 e. The Labute approximate surface area is 156 Å². The Kier molecular flexibility index (Phi) is 8.48. The van der Waals surface area contributed by atoms with Gasteiger partial charge in [-0.15, -0.1) is 12.4 Å². The lowest BCUT2D eigenvalue weighted by molar-refractivity contribution is -0.122. The largest absolute Gasteiger partial charge is 0.493 e. The molecule has 7 heteroatoms. The summed E-state index contributed by atoms with van der Waals surface area (Å²) in [6.45, 7) is 6.84. The molecule has 0 radical (unpaired) electrons. The van der Waals surface area contributed by atoms with Gasteiger partial charge in [0, 0.05) is 31.0 Å². The van der Waals surface area contributed by atoms with E-state index in [-0.39, 0.29) is 29.8 Å². The van der Waals surface area contributed by atoms with E-state index in [4.69, 9.17) is 14.2 Å². The zero-order valence-electron chi connectivity index (χ0n) is 15.4. The van der Waals surface area contributed by atoms with Crippen LogP contribution in [0.15, 0.2) is 18.2 Å². The lowest BCUT2D eigenvalue weighted by Gasteiger charge is -2.28. The molecule has 1 aliphatic heterocycles. The Balaban J connectivity index is 0.00000312. The van der Waals surface area contributed by atoms with E-state index in [2.05, 4.69) is 24.5 Å². The summed E-state index contributed by atoms with van der Waals surface area (Å²) < 4.78 is 16.0. The Hall–Kier alpha value is -1.50. The molecule has 2 rings (SSSR count). The number of carbonyl (C=O) groups is 1. The minimum atomic E-state index is -0.217. The van der Waals surface area contributed by atoms with E-state index >= 15 is 0 Å². The molecule has 0 bridgehead atoms. The first-order chi connectivity index (χ1) is 11.5. The lowest BCUT2D eigenvalue weighted by atomic mass is 9.84. The Morgan fingerprint density at radius 3 is 2.64 bits per heavy atom.